The second-order valence-corrected chi connectivity index (χ2v) is 12.7. The lowest BCUT2D eigenvalue weighted by atomic mass is 10.0. The Morgan fingerprint density at radius 1 is 1.27 bits per heavy atom. The Bertz CT molecular complexity index is 1870. The molecule has 0 saturated carbocycles. The summed E-state index contributed by atoms with van der Waals surface area (Å²) in [5.74, 6) is 0.117. The standard InChI is InChI=1S/C29H21BrIN3O4S2/c1-3-37-28(36)24-16(2)33-29-34(25(24)22-9-6-10-39-22)27(35)23(40-29)12-19-11-20(30)13-21(31)26(19)38-15-18-8-5-4-7-17(18)14-32/h4-13,25H,3,15H2,1-2H3/b23-12-/t25-/m1/s1. The zero-order valence-electron chi connectivity index (χ0n) is 21.3. The van der Waals surface area contributed by atoms with Gasteiger partial charge in [0.2, 0.25) is 0 Å². The van der Waals surface area contributed by atoms with Crippen LogP contribution in [0.5, 0.6) is 5.75 Å². The average Bonchev–Trinajstić information content (AvgIpc) is 3.56. The molecule has 0 saturated heterocycles. The monoisotopic (exact) mass is 745 g/mol. The molecule has 0 spiro atoms. The molecule has 5 rings (SSSR count). The maximum atomic E-state index is 13.9. The number of aromatic nitrogens is 1. The van der Waals surface area contributed by atoms with Crippen molar-refractivity contribution < 1.29 is 14.3 Å². The molecule has 202 valence electrons. The maximum Gasteiger partial charge on any atom is 0.338 e. The minimum Gasteiger partial charge on any atom is -0.487 e. The van der Waals surface area contributed by atoms with Crippen LogP contribution in [-0.2, 0) is 16.1 Å². The van der Waals surface area contributed by atoms with E-state index in [1.165, 1.54) is 22.7 Å². The van der Waals surface area contributed by atoms with Gasteiger partial charge in [0.05, 0.1) is 37.6 Å². The lowest BCUT2D eigenvalue weighted by molar-refractivity contribution is -0.139. The number of hydrogen-bond acceptors (Lipinski definition) is 8. The third-order valence-electron chi connectivity index (χ3n) is 6.16. The smallest absolute Gasteiger partial charge is 0.338 e. The SMILES string of the molecule is CCOC(=O)C1=C(C)N=c2s/c(=C\c3cc(Br)cc(I)c3OCc3ccccc3C#N)c(=O)n2[C@@H]1c1cccs1. The van der Waals surface area contributed by atoms with Gasteiger partial charge in [0, 0.05) is 20.5 Å². The van der Waals surface area contributed by atoms with Crippen LogP contribution in [0.2, 0.25) is 0 Å². The molecular weight excluding hydrogens is 725 g/mol. The number of carbonyl (C=O) groups is 1. The minimum atomic E-state index is -0.627. The molecule has 11 heteroatoms. The Hall–Kier alpha value is -3.05. The molecule has 1 atom stereocenters. The molecule has 1 aliphatic rings. The van der Waals surface area contributed by atoms with Crippen LogP contribution in [0.4, 0.5) is 0 Å². The fraction of sp³-hybridized carbons (Fsp3) is 0.172. The Balaban J connectivity index is 1.63. The van der Waals surface area contributed by atoms with Gasteiger partial charge in [-0.1, -0.05) is 51.5 Å². The number of rotatable bonds is 7. The summed E-state index contributed by atoms with van der Waals surface area (Å²) < 4.78 is 15.3. The van der Waals surface area contributed by atoms with Crippen LogP contribution in [0.25, 0.3) is 6.08 Å². The zero-order chi connectivity index (χ0) is 28.4. The number of fused-ring (bicyclic) bond motifs is 1. The summed E-state index contributed by atoms with van der Waals surface area (Å²) in [6.45, 7) is 3.94. The molecule has 0 bridgehead atoms. The first-order chi connectivity index (χ1) is 19.3. The lowest BCUT2D eigenvalue weighted by Crippen LogP contribution is -2.39. The molecule has 40 heavy (non-hydrogen) atoms. The molecule has 0 aliphatic carbocycles. The van der Waals surface area contributed by atoms with E-state index in [2.05, 4.69) is 49.6 Å². The van der Waals surface area contributed by atoms with Gasteiger partial charge in [-0.25, -0.2) is 9.79 Å². The van der Waals surface area contributed by atoms with Crippen molar-refractivity contribution in [1.82, 2.24) is 4.57 Å². The summed E-state index contributed by atoms with van der Waals surface area (Å²) in [7, 11) is 0. The first kappa shape index (κ1) is 28.5. The van der Waals surface area contributed by atoms with Gasteiger partial charge in [-0.3, -0.25) is 9.36 Å². The minimum absolute atomic E-state index is 0.198. The van der Waals surface area contributed by atoms with Gasteiger partial charge < -0.3 is 9.47 Å². The van der Waals surface area contributed by atoms with Gasteiger partial charge in [0.15, 0.2) is 4.80 Å². The van der Waals surface area contributed by atoms with Crippen LogP contribution >= 0.6 is 61.2 Å². The fourth-order valence-corrected chi connectivity index (χ4v) is 7.96. The van der Waals surface area contributed by atoms with Crippen LogP contribution in [0.3, 0.4) is 0 Å². The van der Waals surface area contributed by atoms with E-state index in [0.717, 1.165) is 18.5 Å². The van der Waals surface area contributed by atoms with Gasteiger partial charge in [0.1, 0.15) is 18.4 Å². The number of allylic oxidation sites excluding steroid dienone is 1. The lowest BCUT2D eigenvalue weighted by Gasteiger charge is -2.23. The van der Waals surface area contributed by atoms with E-state index in [9.17, 15) is 14.9 Å². The first-order valence-electron chi connectivity index (χ1n) is 12.1. The molecular formula is C29H21BrIN3O4S2. The van der Waals surface area contributed by atoms with Crippen LogP contribution < -0.4 is 19.6 Å². The maximum absolute atomic E-state index is 13.9. The van der Waals surface area contributed by atoms with Crippen molar-refractivity contribution in [3.8, 4) is 11.8 Å². The highest BCUT2D eigenvalue weighted by Gasteiger charge is 2.34. The number of carbonyl (C=O) groups excluding carboxylic acids is 1. The highest BCUT2D eigenvalue weighted by Crippen LogP contribution is 2.34. The van der Waals surface area contributed by atoms with Crippen molar-refractivity contribution in [3.05, 3.63) is 114 Å². The Kier molecular flexibility index (Phi) is 8.70. The van der Waals surface area contributed by atoms with Crippen LogP contribution in [0, 0.1) is 14.9 Å². The van der Waals surface area contributed by atoms with E-state index >= 15 is 0 Å². The molecule has 0 amide bonds. The predicted octanol–water partition coefficient (Wildman–Crippen LogP) is 5.68. The summed E-state index contributed by atoms with van der Waals surface area (Å²) in [4.78, 5) is 32.9. The second-order valence-electron chi connectivity index (χ2n) is 8.68. The van der Waals surface area contributed by atoms with Gasteiger partial charge in [-0.15, -0.1) is 11.3 Å². The van der Waals surface area contributed by atoms with E-state index in [4.69, 9.17) is 9.47 Å². The summed E-state index contributed by atoms with van der Waals surface area (Å²) in [5, 5.41) is 11.4. The third kappa shape index (κ3) is 5.58. The van der Waals surface area contributed by atoms with Crippen molar-refractivity contribution in [2.75, 3.05) is 6.61 Å². The fourth-order valence-electron chi connectivity index (χ4n) is 4.39. The van der Waals surface area contributed by atoms with Crippen LogP contribution in [0.1, 0.15) is 41.5 Å². The van der Waals surface area contributed by atoms with E-state index < -0.39 is 12.0 Å². The van der Waals surface area contributed by atoms with Crippen molar-refractivity contribution in [3.63, 3.8) is 0 Å². The summed E-state index contributed by atoms with van der Waals surface area (Å²) in [5.41, 5.74) is 2.65. The Labute approximate surface area is 260 Å². The molecule has 2 aromatic heterocycles. The van der Waals surface area contributed by atoms with Gasteiger partial charge in [-0.2, -0.15) is 5.26 Å². The third-order valence-corrected chi connectivity index (χ3v) is 9.33. The summed E-state index contributed by atoms with van der Waals surface area (Å²) in [6, 6.07) is 16.5. The van der Waals surface area contributed by atoms with E-state index in [1.54, 1.807) is 30.6 Å². The highest BCUT2D eigenvalue weighted by atomic mass is 127. The summed E-state index contributed by atoms with van der Waals surface area (Å²) >= 11 is 8.49. The molecule has 0 N–H and O–H groups in total. The first-order valence-corrected chi connectivity index (χ1v) is 15.7. The Morgan fingerprint density at radius 3 is 2.80 bits per heavy atom. The molecule has 1 aliphatic heterocycles. The normalized spacial score (nSPS) is 14.9. The van der Waals surface area contributed by atoms with E-state index in [0.29, 0.717) is 37.5 Å². The number of halogens is 2. The van der Waals surface area contributed by atoms with Crippen molar-refractivity contribution in [2.24, 2.45) is 4.99 Å². The second kappa shape index (κ2) is 12.2. The molecule has 7 nitrogen and oxygen atoms in total. The molecule has 0 fully saturated rings. The largest absolute Gasteiger partial charge is 0.487 e. The number of nitriles is 1. The molecule has 0 radical (unpaired) electrons. The number of hydrogen-bond donors (Lipinski definition) is 0. The molecule has 3 heterocycles. The number of esters is 1. The molecule has 2 aromatic carbocycles. The van der Waals surface area contributed by atoms with E-state index in [-0.39, 0.29) is 18.8 Å². The van der Waals surface area contributed by atoms with E-state index in [1.807, 2.05) is 47.8 Å². The molecule has 4 aromatic rings. The highest BCUT2D eigenvalue weighted by molar-refractivity contribution is 14.1. The average molecular weight is 746 g/mol. The summed E-state index contributed by atoms with van der Waals surface area (Å²) in [6.07, 6.45) is 1.79. The van der Waals surface area contributed by atoms with Crippen molar-refractivity contribution >= 4 is 73.2 Å². The number of thiazole rings is 1. The molecule has 0 unspecified atom stereocenters. The number of benzene rings is 2. The topological polar surface area (TPSA) is 93.7 Å². The number of thiophene rings is 1. The van der Waals surface area contributed by atoms with Gasteiger partial charge in [0.25, 0.3) is 5.56 Å². The van der Waals surface area contributed by atoms with Gasteiger partial charge in [-0.05, 0) is 72.2 Å². The van der Waals surface area contributed by atoms with Crippen molar-refractivity contribution in [2.45, 2.75) is 26.5 Å². The number of nitrogens with zero attached hydrogens (tertiary/aromatic N) is 3. The number of ether oxygens (including phenoxy) is 2. The quantitative estimate of drug-likeness (QED) is 0.180. The van der Waals surface area contributed by atoms with Crippen LogP contribution in [0.15, 0.2) is 79.4 Å². The zero-order valence-corrected chi connectivity index (χ0v) is 26.7. The van der Waals surface area contributed by atoms with Gasteiger partial charge >= 0.3 is 5.97 Å². The predicted molar refractivity (Wildman–Crippen MR) is 167 cm³/mol. The Morgan fingerprint density at radius 2 is 2.08 bits per heavy atom. The van der Waals surface area contributed by atoms with Crippen LogP contribution in [-0.4, -0.2) is 17.1 Å². The van der Waals surface area contributed by atoms with Crippen molar-refractivity contribution in [1.29, 1.82) is 5.26 Å².